The van der Waals surface area contributed by atoms with Crippen molar-refractivity contribution in [3.05, 3.63) is 0 Å². The number of hydrogen-bond donors (Lipinski definition) is 1. The van der Waals surface area contributed by atoms with E-state index in [1.807, 2.05) is 0 Å². The van der Waals surface area contributed by atoms with Crippen molar-refractivity contribution in [1.29, 1.82) is 0 Å². The van der Waals surface area contributed by atoms with Gasteiger partial charge in [-0.1, -0.05) is 80.1 Å². The van der Waals surface area contributed by atoms with Gasteiger partial charge >= 0.3 is 0 Å². The molecule has 3 nitrogen and oxygen atoms in total. The highest BCUT2D eigenvalue weighted by molar-refractivity contribution is 6.74. The van der Waals surface area contributed by atoms with Crippen molar-refractivity contribution in [1.82, 2.24) is 0 Å². The molecule has 0 aliphatic heterocycles. The van der Waals surface area contributed by atoms with E-state index in [9.17, 15) is 5.11 Å². The quantitative estimate of drug-likeness (QED) is 0.186. The van der Waals surface area contributed by atoms with Gasteiger partial charge in [0.15, 0.2) is 16.6 Å². The maximum atomic E-state index is 10.2. The summed E-state index contributed by atoms with van der Waals surface area (Å²) in [5.41, 5.74) is 0. The number of aliphatic hydroxyl groups excluding tert-OH is 1. The monoisotopic (exact) mass is 460 g/mol. The molecule has 182 valence electrons. The lowest BCUT2D eigenvalue weighted by Gasteiger charge is -2.36. The first-order valence-corrected chi connectivity index (χ1v) is 18.4. The van der Waals surface area contributed by atoms with Crippen LogP contribution in [0.4, 0.5) is 0 Å². The molecule has 5 heteroatoms. The van der Waals surface area contributed by atoms with Gasteiger partial charge in [-0.05, 0) is 61.9 Å². The molecule has 30 heavy (non-hydrogen) atoms. The predicted octanol–water partition coefficient (Wildman–Crippen LogP) is 8.29. The van der Waals surface area contributed by atoms with Crippen LogP contribution in [0, 0.1) is 0 Å². The molecular weight excluding hydrogens is 404 g/mol. The molecule has 0 aromatic carbocycles. The van der Waals surface area contributed by atoms with Crippen LogP contribution in [0.1, 0.15) is 106 Å². The summed E-state index contributed by atoms with van der Waals surface area (Å²) in [6.07, 6.45) is 11.2. The smallest absolute Gasteiger partial charge is 0.191 e. The summed E-state index contributed by atoms with van der Waals surface area (Å²) in [6.45, 7) is 24.9. The molecule has 0 fully saturated rings. The van der Waals surface area contributed by atoms with Crippen molar-refractivity contribution < 1.29 is 14.0 Å². The summed E-state index contributed by atoms with van der Waals surface area (Å²) in [5, 5.41) is 10.8. The van der Waals surface area contributed by atoms with Crippen LogP contribution in [0.25, 0.3) is 0 Å². The van der Waals surface area contributed by atoms with E-state index < -0.39 is 16.6 Å². The predicted molar refractivity (Wildman–Crippen MR) is 138 cm³/mol. The lowest BCUT2D eigenvalue weighted by atomic mass is 10.0. The van der Waals surface area contributed by atoms with Gasteiger partial charge in [0.2, 0.25) is 0 Å². The second kappa shape index (κ2) is 13.8. The number of hydrogen-bond acceptors (Lipinski definition) is 3. The van der Waals surface area contributed by atoms with Gasteiger partial charge in [-0.3, -0.25) is 0 Å². The molecule has 0 bridgehead atoms. The Bertz CT molecular complexity index is 397. The van der Waals surface area contributed by atoms with Gasteiger partial charge in [0.1, 0.15) is 0 Å². The van der Waals surface area contributed by atoms with E-state index in [1.165, 1.54) is 25.7 Å². The molecule has 0 spiro atoms. The van der Waals surface area contributed by atoms with Crippen molar-refractivity contribution >= 4 is 16.6 Å². The molecule has 0 atom stereocenters. The Hall–Kier alpha value is 0.314. The summed E-state index contributed by atoms with van der Waals surface area (Å²) < 4.78 is 12.5. The zero-order valence-electron chi connectivity index (χ0n) is 22.3. The van der Waals surface area contributed by atoms with Crippen molar-refractivity contribution in [3.63, 3.8) is 0 Å². The molecule has 0 saturated heterocycles. The first-order valence-electron chi connectivity index (χ1n) is 12.6. The van der Waals surface area contributed by atoms with Crippen LogP contribution in [0.15, 0.2) is 0 Å². The van der Waals surface area contributed by atoms with E-state index in [2.05, 4.69) is 67.7 Å². The molecule has 0 saturated carbocycles. The Morgan fingerprint density at radius 1 is 0.567 bits per heavy atom. The lowest BCUT2D eigenvalue weighted by molar-refractivity contribution is 0.146. The topological polar surface area (TPSA) is 38.7 Å². The van der Waals surface area contributed by atoms with E-state index in [0.717, 1.165) is 51.7 Å². The van der Waals surface area contributed by atoms with Gasteiger partial charge in [0.05, 0.1) is 6.10 Å². The van der Waals surface area contributed by atoms with Gasteiger partial charge in [0, 0.05) is 13.2 Å². The van der Waals surface area contributed by atoms with Gasteiger partial charge < -0.3 is 14.0 Å². The minimum absolute atomic E-state index is 0.114. The highest BCUT2D eigenvalue weighted by Gasteiger charge is 2.37. The van der Waals surface area contributed by atoms with Gasteiger partial charge in [-0.25, -0.2) is 0 Å². The molecule has 0 aromatic heterocycles. The molecule has 0 radical (unpaired) electrons. The third kappa shape index (κ3) is 13.0. The standard InChI is InChI=1S/C25H56O3Si2/c1-24(2,3)29(7,8)27-21-17-13-11-15-19-23(26)20-16-12-14-18-22-28-30(9,10)25(4,5)6/h23,26H,11-22H2,1-10H3. The molecule has 0 aliphatic rings. The normalized spacial score (nSPS) is 14.0. The van der Waals surface area contributed by atoms with E-state index in [-0.39, 0.29) is 6.10 Å². The van der Waals surface area contributed by atoms with Gasteiger partial charge in [-0.2, -0.15) is 0 Å². The fourth-order valence-corrected chi connectivity index (χ4v) is 5.08. The first kappa shape index (κ1) is 30.3. The second-order valence-electron chi connectivity index (χ2n) is 12.3. The third-order valence-corrected chi connectivity index (χ3v) is 16.5. The van der Waals surface area contributed by atoms with Crippen LogP contribution in [0.2, 0.25) is 36.3 Å². The Labute approximate surface area is 192 Å². The first-order chi connectivity index (χ1) is 13.6. The molecule has 0 aromatic rings. The van der Waals surface area contributed by atoms with Crippen LogP contribution in [-0.4, -0.2) is 41.1 Å². The Morgan fingerprint density at radius 2 is 0.867 bits per heavy atom. The third-order valence-electron chi connectivity index (χ3n) is 7.40. The molecule has 0 aliphatic carbocycles. The molecule has 0 rings (SSSR count). The summed E-state index contributed by atoms with van der Waals surface area (Å²) in [4.78, 5) is 0. The lowest BCUT2D eigenvalue weighted by Crippen LogP contribution is -2.40. The van der Waals surface area contributed by atoms with Crippen molar-refractivity contribution in [2.45, 2.75) is 148 Å². The summed E-state index contributed by atoms with van der Waals surface area (Å²) >= 11 is 0. The van der Waals surface area contributed by atoms with Crippen LogP contribution in [-0.2, 0) is 8.85 Å². The molecule has 1 N–H and O–H groups in total. The Balaban J connectivity index is 3.58. The van der Waals surface area contributed by atoms with Crippen molar-refractivity contribution in [3.8, 4) is 0 Å². The van der Waals surface area contributed by atoms with E-state index in [1.54, 1.807) is 0 Å². The average Bonchev–Trinajstić information content (AvgIpc) is 2.57. The maximum absolute atomic E-state index is 10.2. The highest BCUT2D eigenvalue weighted by Crippen LogP contribution is 2.37. The largest absolute Gasteiger partial charge is 0.417 e. The van der Waals surface area contributed by atoms with E-state index in [0.29, 0.717) is 10.1 Å². The Kier molecular flexibility index (Phi) is 13.9. The van der Waals surface area contributed by atoms with Crippen LogP contribution >= 0.6 is 0 Å². The van der Waals surface area contributed by atoms with Crippen molar-refractivity contribution in [2.75, 3.05) is 13.2 Å². The molecule has 0 heterocycles. The van der Waals surface area contributed by atoms with Crippen LogP contribution in [0.5, 0.6) is 0 Å². The minimum Gasteiger partial charge on any atom is -0.417 e. The van der Waals surface area contributed by atoms with E-state index in [4.69, 9.17) is 8.85 Å². The van der Waals surface area contributed by atoms with Gasteiger partial charge in [-0.15, -0.1) is 0 Å². The van der Waals surface area contributed by atoms with Crippen molar-refractivity contribution in [2.24, 2.45) is 0 Å². The highest BCUT2D eigenvalue weighted by atomic mass is 28.4. The molecule has 0 unspecified atom stereocenters. The molecular formula is C25H56O3Si2. The zero-order valence-corrected chi connectivity index (χ0v) is 24.3. The number of rotatable bonds is 16. The summed E-state index contributed by atoms with van der Waals surface area (Å²) in [6, 6.07) is 0. The molecule has 0 amide bonds. The van der Waals surface area contributed by atoms with Gasteiger partial charge in [0.25, 0.3) is 0 Å². The zero-order chi connectivity index (χ0) is 23.5. The van der Waals surface area contributed by atoms with Crippen LogP contribution in [0.3, 0.4) is 0 Å². The number of unbranched alkanes of at least 4 members (excludes halogenated alkanes) is 6. The SMILES string of the molecule is CC(C)(C)[Si](C)(C)OCCCCCCC(O)CCCCCCO[Si](C)(C)C(C)(C)C. The van der Waals surface area contributed by atoms with Crippen LogP contribution < -0.4 is 0 Å². The second-order valence-corrected chi connectivity index (χ2v) is 21.9. The fourth-order valence-electron chi connectivity index (χ4n) is 2.90. The number of aliphatic hydroxyl groups is 1. The summed E-state index contributed by atoms with van der Waals surface area (Å²) in [7, 11) is -3.17. The summed E-state index contributed by atoms with van der Waals surface area (Å²) in [5.74, 6) is 0. The fraction of sp³-hybridized carbons (Fsp3) is 1.00. The minimum atomic E-state index is -1.58. The van der Waals surface area contributed by atoms with E-state index >= 15 is 0 Å². The maximum Gasteiger partial charge on any atom is 0.191 e. The Morgan fingerprint density at radius 3 is 1.17 bits per heavy atom. The average molecular weight is 461 g/mol.